The molecule has 0 unspecified atom stereocenters. The molecule has 3 heterocycles. The van der Waals surface area contributed by atoms with Gasteiger partial charge in [0.1, 0.15) is 0 Å². The van der Waals surface area contributed by atoms with Crippen LogP contribution in [0, 0.1) is 11.8 Å². The molecule has 0 bridgehead atoms. The van der Waals surface area contributed by atoms with Crippen LogP contribution in [0.15, 0.2) is 36.5 Å². The first kappa shape index (κ1) is 17.5. The minimum atomic E-state index is 0.109. The van der Waals surface area contributed by atoms with Crippen LogP contribution in [0.1, 0.15) is 38.7 Å². The van der Waals surface area contributed by atoms with Crippen LogP contribution in [0.25, 0.3) is 10.9 Å². The lowest BCUT2D eigenvalue weighted by molar-refractivity contribution is -0.138. The monoisotopic (exact) mass is 351 g/mol. The van der Waals surface area contributed by atoms with Crippen LogP contribution < -0.4 is 0 Å². The van der Waals surface area contributed by atoms with Gasteiger partial charge in [0.05, 0.1) is 5.52 Å². The normalized spacial score (nSPS) is 24.0. The number of aromatic nitrogens is 1. The zero-order valence-electron chi connectivity index (χ0n) is 15.9. The maximum Gasteiger partial charge on any atom is 0.225 e. The van der Waals surface area contributed by atoms with E-state index in [4.69, 9.17) is 0 Å². The van der Waals surface area contributed by atoms with Gasteiger partial charge >= 0.3 is 0 Å². The van der Waals surface area contributed by atoms with E-state index < -0.39 is 0 Å². The van der Waals surface area contributed by atoms with Crippen LogP contribution in [0.2, 0.25) is 0 Å². The summed E-state index contributed by atoms with van der Waals surface area (Å²) in [5.74, 6) is 1.06. The summed E-state index contributed by atoms with van der Waals surface area (Å²) >= 11 is 0. The highest BCUT2D eigenvalue weighted by Crippen LogP contribution is 2.32. The summed E-state index contributed by atoms with van der Waals surface area (Å²) in [7, 11) is 0. The van der Waals surface area contributed by atoms with Crippen molar-refractivity contribution in [2.45, 2.75) is 45.7 Å². The maximum absolute atomic E-state index is 12.4. The SMILES string of the molecule is CC(C)C(=O)N1CC[C@@H]2[C@H](CCCN2Cc2ccc3ncccc3c2)C1. The molecule has 4 rings (SSSR count). The molecule has 4 heteroatoms. The van der Waals surface area contributed by atoms with E-state index in [2.05, 4.69) is 39.0 Å². The standard InChI is InChI=1S/C22H29N3O/c1-16(2)22(26)25-12-9-21-19(15-25)6-4-11-24(21)14-17-7-8-20-18(13-17)5-3-10-23-20/h3,5,7-8,10,13,16,19,21H,4,6,9,11-12,14-15H2,1-2H3/t19-,21-/m1/s1. The predicted octanol–water partition coefficient (Wildman–Crippen LogP) is 3.70. The molecule has 0 N–H and O–H groups in total. The van der Waals surface area contributed by atoms with Gasteiger partial charge in [-0.25, -0.2) is 0 Å². The Labute approximate surface area is 156 Å². The van der Waals surface area contributed by atoms with Crippen LogP contribution in [-0.4, -0.2) is 46.4 Å². The van der Waals surface area contributed by atoms with Crippen molar-refractivity contribution in [3.8, 4) is 0 Å². The average molecular weight is 351 g/mol. The Bertz CT molecular complexity index is 788. The molecule has 2 saturated heterocycles. The molecule has 0 radical (unpaired) electrons. The summed E-state index contributed by atoms with van der Waals surface area (Å²) in [6, 6.07) is 11.4. The van der Waals surface area contributed by atoms with E-state index >= 15 is 0 Å². The van der Waals surface area contributed by atoms with Gasteiger partial charge in [0.2, 0.25) is 5.91 Å². The largest absolute Gasteiger partial charge is 0.342 e. The molecule has 2 aliphatic rings. The second-order valence-electron chi connectivity index (χ2n) is 8.20. The van der Waals surface area contributed by atoms with E-state index in [9.17, 15) is 4.79 Å². The molecule has 2 fully saturated rings. The van der Waals surface area contributed by atoms with E-state index in [1.807, 2.05) is 26.1 Å². The number of piperidine rings is 2. The fourth-order valence-corrected chi connectivity index (χ4v) is 4.73. The molecule has 0 saturated carbocycles. The quantitative estimate of drug-likeness (QED) is 0.846. The minimum absolute atomic E-state index is 0.109. The Kier molecular flexibility index (Phi) is 4.94. The highest BCUT2D eigenvalue weighted by atomic mass is 16.2. The molecule has 2 atom stereocenters. The van der Waals surface area contributed by atoms with Gasteiger partial charge in [-0.2, -0.15) is 0 Å². The van der Waals surface area contributed by atoms with Crippen molar-refractivity contribution in [1.82, 2.24) is 14.8 Å². The number of rotatable bonds is 3. The molecule has 1 amide bonds. The molecule has 2 aromatic rings. The van der Waals surface area contributed by atoms with Gasteiger partial charge < -0.3 is 4.90 Å². The van der Waals surface area contributed by atoms with Crippen molar-refractivity contribution in [3.05, 3.63) is 42.1 Å². The third-order valence-electron chi connectivity index (χ3n) is 6.04. The molecule has 0 spiro atoms. The Hall–Kier alpha value is -1.94. The number of nitrogens with zero attached hydrogens (tertiary/aromatic N) is 3. The summed E-state index contributed by atoms with van der Waals surface area (Å²) < 4.78 is 0. The Morgan fingerprint density at radius 2 is 2.12 bits per heavy atom. The van der Waals surface area contributed by atoms with Crippen LogP contribution in [-0.2, 0) is 11.3 Å². The van der Waals surface area contributed by atoms with Crippen molar-refractivity contribution < 1.29 is 4.79 Å². The highest BCUT2D eigenvalue weighted by molar-refractivity contribution is 5.79. The number of benzene rings is 1. The zero-order valence-corrected chi connectivity index (χ0v) is 15.9. The second-order valence-corrected chi connectivity index (χ2v) is 8.20. The van der Waals surface area contributed by atoms with Gasteiger partial charge in [0, 0.05) is 43.2 Å². The van der Waals surface area contributed by atoms with Crippen molar-refractivity contribution in [3.63, 3.8) is 0 Å². The van der Waals surface area contributed by atoms with Crippen molar-refractivity contribution in [2.24, 2.45) is 11.8 Å². The van der Waals surface area contributed by atoms with E-state index in [0.29, 0.717) is 17.9 Å². The molecular weight excluding hydrogens is 322 g/mol. The maximum atomic E-state index is 12.4. The first-order valence-electron chi connectivity index (χ1n) is 9.98. The smallest absolute Gasteiger partial charge is 0.225 e. The summed E-state index contributed by atoms with van der Waals surface area (Å²) in [5, 5.41) is 1.22. The molecule has 26 heavy (non-hydrogen) atoms. The Morgan fingerprint density at radius 3 is 2.96 bits per heavy atom. The fourth-order valence-electron chi connectivity index (χ4n) is 4.73. The van der Waals surface area contributed by atoms with Gasteiger partial charge in [-0.15, -0.1) is 0 Å². The van der Waals surface area contributed by atoms with Gasteiger partial charge in [-0.3, -0.25) is 14.7 Å². The minimum Gasteiger partial charge on any atom is -0.342 e. The van der Waals surface area contributed by atoms with Crippen LogP contribution in [0.3, 0.4) is 0 Å². The number of carbonyl (C=O) groups excluding carboxylic acids is 1. The lowest BCUT2D eigenvalue weighted by Crippen LogP contribution is -2.55. The van der Waals surface area contributed by atoms with E-state index in [1.165, 1.54) is 30.3 Å². The van der Waals surface area contributed by atoms with E-state index in [-0.39, 0.29) is 5.92 Å². The topological polar surface area (TPSA) is 36.4 Å². The van der Waals surface area contributed by atoms with E-state index in [1.54, 1.807) is 0 Å². The summed E-state index contributed by atoms with van der Waals surface area (Å²) in [5.41, 5.74) is 2.43. The predicted molar refractivity (Wildman–Crippen MR) is 105 cm³/mol. The van der Waals surface area contributed by atoms with Crippen LogP contribution in [0.4, 0.5) is 0 Å². The van der Waals surface area contributed by atoms with Crippen molar-refractivity contribution in [2.75, 3.05) is 19.6 Å². The highest BCUT2D eigenvalue weighted by Gasteiger charge is 2.37. The fraction of sp³-hybridized carbons (Fsp3) is 0.545. The molecule has 2 aliphatic heterocycles. The average Bonchev–Trinajstić information content (AvgIpc) is 2.67. The number of fused-ring (bicyclic) bond motifs is 2. The first-order chi connectivity index (χ1) is 12.6. The number of carbonyl (C=O) groups is 1. The number of likely N-dealkylation sites (tertiary alicyclic amines) is 2. The van der Waals surface area contributed by atoms with Crippen molar-refractivity contribution in [1.29, 1.82) is 0 Å². The second kappa shape index (κ2) is 7.36. The third kappa shape index (κ3) is 3.48. The lowest BCUT2D eigenvalue weighted by atomic mass is 9.83. The summed E-state index contributed by atoms with van der Waals surface area (Å²) in [6.07, 6.45) is 5.45. The lowest BCUT2D eigenvalue weighted by Gasteiger charge is -2.47. The van der Waals surface area contributed by atoms with E-state index in [0.717, 1.165) is 31.6 Å². The third-order valence-corrected chi connectivity index (χ3v) is 6.04. The molecule has 1 aromatic heterocycles. The van der Waals surface area contributed by atoms with Gasteiger partial charge in [-0.1, -0.05) is 26.0 Å². The van der Waals surface area contributed by atoms with Gasteiger partial charge in [0.25, 0.3) is 0 Å². The van der Waals surface area contributed by atoms with Crippen LogP contribution >= 0.6 is 0 Å². The van der Waals surface area contributed by atoms with Gasteiger partial charge in [-0.05, 0) is 55.5 Å². The Balaban J connectivity index is 1.46. The summed E-state index contributed by atoms with van der Waals surface area (Å²) in [6.45, 7) is 8.05. The Morgan fingerprint density at radius 1 is 1.23 bits per heavy atom. The number of hydrogen-bond acceptors (Lipinski definition) is 3. The first-order valence-corrected chi connectivity index (χ1v) is 9.98. The van der Waals surface area contributed by atoms with Gasteiger partial charge in [0.15, 0.2) is 0 Å². The zero-order chi connectivity index (χ0) is 18.1. The molecule has 138 valence electrons. The molecule has 1 aromatic carbocycles. The van der Waals surface area contributed by atoms with Crippen molar-refractivity contribution >= 4 is 16.8 Å². The molecule has 4 nitrogen and oxygen atoms in total. The number of pyridine rings is 1. The molecule has 0 aliphatic carbocycles. The number of amides is 1. The number of hydrogen-bond donors (Lipinski definition) is 0. The molecular formula is C22H29N3O. The van der Waals surface area contributed by atoms with Crippen LogP contribution in [0.5, 0.6) is 0 Å². The summed E-state index contributed by atoms with van der Waals surface area (Å²) in [4.78, 5) is 21.6.